The number of carboxylic acid groups (broad SMARTS) is 1. The molecule has 14 nitrogen and oxygen atoms in total. The molecule has 0 saturated heterocycles. The number of amides is 4. The molecule has 0 aromatic carbocycles. The van der Waals surface area contributed by atoms with Crippen LogP contribution in [-0.2, 0) is 24.0 Å². The minimum atomic E-state index is -1.40. The SMILES string of the molecule is CCC(C)C(NC(=O)C(CC(N)=O)NC(=O)C(N)CCCN=C(N)N)C(=O)NC(CS)C(=O)O. The number of thiol groups is 1. The number of hydrogen-bond donors (Lipinski definition) is 9. The molecule has 0 aliphatic rings. The smallest absolute Gasteiger partial charge is 0.327 e. The summed E-state index contributed by atoms with van der Waals surface area (Å²) in [7, 11) is 0. The van der Waals surface area contributed by atoms with Gasteiger partial charge in [0.05, 0.1) is 12.5 Å². The molecule has 0 aliphatic heterocycles. The fourth-order valence-corrected chi connectivity index (χ4v) is 2.99. The van der Waals surface area contributed by atoms with E-state index in [1.165, 1.54) is 0 Å². The molecular weight excluding hydrogens is 468 g/mol. The van der Waals surface area contributed by atoms with Crippen LogP contribution in [0.25, 0.3) is 0 Å². The molecule has 0 saturated carbocycles. The molecule has 4 amide bonds. The van der Waals surface area contributed by atoms with E-state index in [1.807, 2.05) is 0 Å². The first-order chi connectivity index (χ1) is 15.8. The lowest BCUT2D eigenvalue weighted by Gasteiger charge is -2.27. The summed E-state index contributed by atoms with van der Waals surface area (Å²) in [5.74, 6) is -5.12. The van der Waals surface area contributed by atoms with Gasteiger partial charge in [0.2, 0.25) is 23.6 Å². The van der Waals surface area contributed by atoms with Gasteiger partial charge in [-0.2, -0.15) is 12.6 Å². The maximum Gasteiger partial charge on any atom is 0.327 e. The Balaban J connectivity index is 5.37. The van der Waals surface area contributed by atoms with E-state index in [2.05, 4.69) is 33.6 Å². The second-order valence-electron chi connectivity index (χ2n) is 7.74. The van der Waals surface area contributed by atoms with Crippen LogP contribution in [0, 0.1) is 5.92 Å². The lowest BCUT2D eigenvalue weighted by molar-refractivity contribution is -0.142. The molecule has 0 bridgehead atoms. The van der Waals surface area contributed by atoms with Crippen LogP contribution in [-0.4, -0.2) is 77.1 Å². The molecule has 34 heavy (non-hydrogen) atoms. The van der Waals surface area contributed by atoms with Crippen LogP contribution in [0.15, 0.2) is 4.99 Å². The van der Waals surface area contributed by atoms with Crippen LogP contribution in [0.5, 0.6) is 0 Å². The number of carbonyl (C=O) groups excluding carboxylic acids is 4. The van der Waals surface area contributed by atoms with Crippen molar-refractivity contribution in [3.05, 3.63) is 0 Å². The Morgan fingerprint density at radius 2 is 1.56 bits per heavy atom. The van der Waals surface area contributed by atoms with Crippen LogP contribution >= 0.6 is 12.6 Å². The standard InChI is InChI=1S/C19H36N8O6S/c1-3-9(2)14(17(31)26-12(8-34)18(32)33)27-16(30)11(7-13(21)28)25-15(29)10(20)5-4-6-24-19(22)23/h9-12,14,34H,3-8,20H2,1-2H3,(H2,21,28)(H,25,29)(H,26,31)(H,27,30)(H,32,33)(H4,22,23,24). The molecule has 5 atom stereocenters. The number of carbonyl (C=O) groups is 5. The number of hydrogen-bond acceptors (Lipinski definition) is 8. The van der Waals surface area contributed by atoms with Crippen LogP contribution in [0.4, 0.5) is 0 Å². The first-order valence-electron chi connectivity index (χ1n) is 10.7. The number of nitrogens with two attached hydrogens (primary N) is 4. The topological polar surface area (TPSA) is 258 Å². The van der Waals surface area contributed by atoms with Gasteiger partial charge in [-0.1, -0.05) is 20.3 Å². The van der Waals surface area contributed by atoms with Crippen molar-refractivity contribution in [1.82, 2.24) is 16.0 Å². The predicted molar refractivity (Wildman–Crippen MR) is 128 cm³/mol. The maximum atomic E-state index is 12.9. The van der Waals surface area contributed by atoms with E-state index in [0.717, 1.165) is 0 Å². The molecular formula is C19H36N8O6S. The Labute approximate surface area is 203 Å². The van der Waals surface area contributed by atoms with Crippen molar-refractivity contribution in [2.75, 3.05) is 12.3 Å². The van der Waals surface area contributed by atoms with Gasteiger partial charge in [-0.25, -0.2) is 4.79 Å². The first kappa shape index (κ1) is 30.9. The van der Waals surface area contributed by atoms with Gasteiger partial charge in [-0.3, -0.25) is 24.2 Å². The number of aliphatic imine (C=N–C) groups is 1. The highest BCUT2D eigenvalue weighted by molar-refractivity contribution is 7.80. The second kappa shape index (κ2) is 15.7. The highest BCUT2D eigenvalue weighted by Gasteiger charge is 2.33. The molecule has 0 fully saturated rings. The van der Waals surface area contributed by atoms with Gasteiger partial charge in [-0.15, -0.1) is 0 Å². The van der Waals surface area contributed by atoms with Gasteiger partial charge in [0.1, 0.15) is 18.1 Å². The van der Waals surface area contributed by atoms with Crippen LogP contribution in [0.3, 0.4) is 0 Å². The van der Waals surface area contributed by atoms with Crippen molar-refractivity contribution in [3.63, 3.8) is 0 Å². The Kier molecular flexibility index (Phi) is 14.3. The summed E-state index contributed by atoms with van der Waals surface area (Å²) in [6.07, 6.45) is 0.517. The third-order valence-corrected chi connectivity index (χ3v) is 5.30. The molecule has 0 aromatic rings. The third-order valence-electron chi connectivity index (χ3n) is 4.93. The predicted octanol–water partition coefficient (Wildman–Crippen LogP) is -3.24. The van der Waals surface area contributed by atoms with Gasteiger partial charge in [0, 0.05) is 12.3 Å². The lowest BCUT2D eigenvalue weighted by Crippen LogP contribution is -2.59. The highest BCUT2D eigenvalue weighted by Crippen LogP contribution is 2.10. The number of nitrogens with zero attached hydrogens (tertiary/aromatic N) is 1. The Morgan fingerprint density at radius 1 is 0.971 bits per heavy atom. The fourth-order valence-electron chi connectivity index (χ4n) is 2.74. The largest absolute Gasteiger partial charge is 0.480 e. The van der Waals surface area contributed by atoms with Gasteiger partial charge >= 0.3 is 5.97 Å². The fraction of sp³-hybridized carbons (Fsp3) is 0.684. The van der Waals surface area contributed by atoms with Crippen molar-refractivity contribution >= 4 is 48.2 Å². The zero-order valence-electron chi connectivity index (χ0n) is 19.3. The summed E-state index contributed by atoms with van der Waals surface area (Å²) in [5.41, 5.74) is 21.5. The Hall–Kier alpha value is -3.07. The average Bonchev–Trinajstić information content (AvgIpc) is 2.76. The number of guanidine groups is 1. The van der Waals surface area contributed by atoms with Crippen molar-refractivity contribution in [1.29, 1.82) is 0 Å². The summed E-state index contributed by atoms with van der Waals surface area (Å²) in [5, 5.41) is 16.3. The van der Waals surface area contributed by atoms with Gasteiger partial charge < -0.3 is 44.0 Å². The number of nitrogens with one attached hydrogen (secondary N) is 3. The molecule has 0 spiro atoms. The van der Waals surface area contributed by atoms with E-state index in [1.54, 1.807) is 13.8 Å². The molecule has 0 rings (SSSR count). The Morgan fingerprint density at radius 3 is 2.03 bits per heavy atom. The van der Waals surface area contributed by atoms with Gasteiger partial charge in [0.15, 0.2) is 5.96 Å². The number of aliphatic carboxylic acids is 1. The van der Waals surface area contributed by atoms with E-state index in [-0.39, 0.29) is 24.7 Å². The zero-order chi connectivity index (χ0) is 26.4. The van der Waals surface area contributed by atoms with Crippen LogP contribution in [0.1, 0.15) is 39.5 Å². The maximum absolute atomic E-state index is 12.9. The van der Waals surface area contributed by atoms with Crippen molar-refractivity contribution in [2.45, 2.75) is 63.7 Å². The second-order valence-corrected chi connectivity index (χ2v) is 8.11. The molecule has 194 valence electrons. The minimum absolute atomic E-state index is 0.0971. The molecule has 15 heteroatoms. The van der Waals surface area contributed by atoms with Crippen molar-refractivity contribution in [3.8, 4) is 0 Å². The number of primary amides is 1. The van der Waals surface area contributed by atoms with Gasteiger partial charge in [0.25, 0.3) is 0 Å². The Bertz CT molecular complexity index is 761. The quantitative estimate of drug-likeness (QED) is 0.0442. The van der Waals surface area contributed by atoms with Crippen molar-refractivity contribution in [2.24, 2.45) is 33.8 Å². The summed E-state index contributed by atoms with van der Waals surface area (Å²) in [4.78, 5) is 64.4. The molecule has 0 heterocycles. The number of carboxylic acids is 1. The summed E-state index contributed by atoms with van der Waals surface area (Å²) in [6.45, 7) is 3.70. The van der Waals surface area contributed by atoms with E-state index in [9.17, 15) is 24.0 Å². The average molecular weight is 505 g/mol. The van der Waals surface area contributed by atoms with E-state index in [4.69, 9.17) is 28.0 Å². The summed E-state index contributed by atoms with van der Waals surface area (Å²) < 4.78 is 0. The summed E-state index contributed by atoms with van der Waals surface area (Å²) >= 11 is 3.90. The van der Waals surface area contributed by atoms with Gasteiger partial charge in [-0.05, 0) is 18.8 Å². The van der Waals surface area contributed by atoms with E-state index < -0.39 is 66.1 Å². The van der Waals surface area contributed by atoms with Crippen molar-refractivity contribution < 1.29 is 29.1 Å². The monoisotopic (exact) mass is 504 g/mol. The van der Waals surface area contributed by atoms with Crippen LogP contribution in [0.2, 0.25) is 0 Å². The molecule has 0 radical (unpaired) electrons. The van der Waals surface area contributed by atoms with E-state index in [0.29, 0.717) is 12.8 Å². The minimum Gasteiger partial charge on any atom is -0.480 e. The van der Waals surface area contributed by atoms with E-state index >= 15 is 0 Å². The third kappa shape index (κ3) is 11.7. The zero-order valence-corrected chi connectivity index (χ0v) is 20.2. The van der Waals surface area contributed by atoms with Crippen LogP contribution < -0.4 is 38.9 Å². The number of rotatable bonds is 16. The lowest BCUT2D eigenvalue weighted by atomic mass is 9.97. The first-order valence-corrected chi connectivity index (χ1v) is 11.3. The molecule has 5 unspecified atom stereocenters. The molecule has 12 N–H and O–H groups in total. The molecule has 0 aliphatic carbocycles. The molecule has 0 aromatic heterocycles. The summed E-state index contributed by atoms with van der Waals surface area (Å²) in [6, 6.07) is -4.82. The normalized spacial score (nSPS) is 15.1. The highest BCUT2D eigenvalue weighted by atomic mass is 32.1.